The molecule has 1 N–H and O–H groups in total. The lowest BCUT2D eigenvalue weighted by Gasteiger charge is -2.14. The largest absolute Gasteiger partial charge is 0.480 e. The maximum atomic E-state index is 12.3. The van der Waals surface area contributed by atoms with E-state index in [9.17, 15) is 18.0 Å². The Morgan fingerprint density at radius 3 is 2.33 bits per heavy atom. The lowest BCUT2D eigenvalue weighted by atomic mass is 10.3. The SMILES string of the molecule is CN(C)S(=O)(=O)c1cc(NC(=O)COC(=O)COc2ccc(Cl)cc2Cl)ccc1Cl. The fraction of sp³-hybridized carbons (Fsp3) is 0.222. The average molecular weight is 496 g/mol. The first-order chi connectivity index (χ1) is 14.0. The summed E-state index contributed by atoms with van der Waals surface area (Å²) in [4.78, 5) is 23.6. The van der Waals surface area contributed by atoms with Gasteiger partial charge in [0, 0.05) is 24.8 Å². The molecule has 0 bridgehead atoms. The summed E-state index contributed by atoms with van der Waals surface area (Å²) >= 11 is 17.6. The van der Waals surface area contributed by atoms with Crippen molar-refractivity contribution in [3.05, 3.63) is 51.5 Å². The molecule has 0 unspecified atom stereocenters. The van der Waals surface area contributed by atoms with Gasteiger partial charge in [0.15, 0.2) is 13.2 Å². The second-order valence-electron chi connectivity index (χ2n) is 6.00. The molecule has 0 radical (unpaired) electrons. The quantitative estimate of drug-likeness (QED) is 0.563. The Kier molecular flexibility index (Phi) is 8.34. The van der Waals surface area contributed by atoms with Crippen molar-refractivity contribution in [3.63, 3.8) is 0 Å². The highest BCUT2D eigenvalue weighted by atomic mass is 35.5. The second-order valence-corrected chi connectivity index (χ2v) is 9.38. The Hall–Kier alpha value is -2.04. The summed E-state index contributed by atoms with van der Waals surface area (Å²) in [7, 11) is -1.09. The van der Waals surface area contributed by atoms with Crippen molar-refractivity contribution in [1.82, 2.24) is 4.31 Å². The maximum absolute atomic E-state index is 12.3. The highest BCUT2D eigenvalue weighted by molar-refractivity contribution is 7.89. The lowest BCUT2D eigenvalue weighted by molar-refractivity contribution is -0.149. The second kappa shape index (κ2) is 10.3. The smallest absolute Gasteiger partial charge is 0.344 e. The summed E-state index contributed by atoms with van der Waals surface area (Å²) < 4.78 is 35.6. The molecule has 0 saturated heterocycles. The summed E-state index contributed by atoms with van der Waals surface area (Å²) in [6.45, 7) is -1.07. The summed E-state index contributed by atoms with van der Waals surface area (Å²) in [5.74, 6) is -1.25. The van der Waals surface area contributed by atoms with Gasteiger partial charge >= 0.3 is 5.97 Å². The zero-order valence-electron chi connectivity index (χ0n) is 15.8. The molecule has 0 heterocycles. The Morgan fingerprint density at radius 2 is 1.70 bits per heavy atom. The van der Waals surface area contributed by atoms with Gasteiger partial charge in [0.05, 0.1) is 10.0 Å². The van der Waals surface area contributed by atoms with Crippen molar-refractivity contribution in [2.75, 3.05) is 32.6 Å². The number of hydrogen-bond donors (Lipinski definition) is 1. The van der Waals surface area contributed by atoms with Crippen LogP contribution in [-0.2, 0) is 24.3 Å². The van der Waals surface area contributed by atoms with Crippen molar-refractivity contribution in [2.24, 2.45) is 0 Å². The fourth-order valence-electron chi connectivity index (χ4n) is 2.09. The molecule has 0 aromatic heterocycles. The number of amides is 1. The number of halogens is 3. The van der Waals surface area contributed by atoms with Crippen LogP contribution in [0.3, 0.4) is 0 Å². The van der Waals surface area contributed by atoms with Crippen LogP contribution in [0.2, 0.25) is 15.1 Å². The molecule has 2 aromatic carbocycles. The van der Waals surface area contributed by atoms with Gasteiger partial charge in [0.25, 0.3) is 5.91 Å². The number of rotatable bonds is 8. The van der Waals surface area contributed by atoms with Crippen LogP contribution in [0.5, 0.6) is 5.75 Å². The van der Waals surface area contributed by atoms with E-state index in [0.29, 0.717) is 5.02 Å². The van der Waals surface area contributed by atoms with E-state index >= 15 is 0 Å². The fourth-order valence-corrected chi connectivity index (χ4v) is 3.95. The molecule has 12 heteroatoms. The minimum absolute atomic E-state index is 0.00568. The Morgan fingerprint density at radius 1 is 1.00 bits per heavy atom. The predicted molar refractivity (Wildman–Crippen MR) is 114 cm³/mol. The van der Waals surface area contributed by atoms with Gasteiger partial charge < -0.3 is 14.8 Å². The Labute approximate surface area is 188 Å². The van der Waals surface area contributed by atoms with Gasteiger partial charge in [0.1, 0.15) is 10.6 Å². The molecule has 0 aliphatic carbocycles. The van der Waals surface area contributed by atoms with Gasteiger partial charge in [0.2, 0.25) is 10.0 Å². The number of esters is 1. The third-order valence-corrected chi connectivity index (χ3v) is 6.40. The predicted octanol–water partition coefficient (Wildman–Crippen LogP) is 3.46. The van der Waals surface area contributed by atoms with Gasteiger partial charge in [-0.05, 0) is 36.4 Å². The highest BCUT2D eigenvalue weighted by Gasteiger charge is 2.21. The molecule has 30 heavy (non-hydrogen) atoms. The summed E-state index contributed by atoms with van der Waals surface area (Å²) in [6, 6.07) is 8.45. The standard InChI is InChI=1S/C18H17Cl3N2O6S/c1-23(2)30(26,27)16-8-12(4-5-13(16)20)22-17(24)9-29-18(25)10-28-15-6-3-11(19)7-14(15)21/h3-8H,9-10H2,1-2H3,(H,22,24). The molecular weight excluding hydrogens is 479 g/mol. The molecule has 0 aliphatic rings. The molecule has 2 rings (SSSR count). The normalized spacial score (nSPS) is 11.3. The van der Waals surface area contributed by atoms with E-state index in [4.69, 9.17) is 44.3 Å². The number of carbonyl (C=O) groups is 2. The molecule has 162 valence electrons. The van der Waals surface area contributed by atoms with Crippen LogP contribution in [0.1, 0.15) is 0 Å². The van der Waals surface area contributed by atoms with Crippen LogP contribution in [0.25, 0.3) is 0 Å². The van der Waals surface area contributed by atoms with Crippen LogP contribution in [0.15, 0.2) is 41.3 Å². The number of nitrogens with one attached hydrogen (secondary N) is 1. The van der Waals surface area contributed by atoms with Gasteiger partial charge in [-0.3, -0.25) is 4.79 Å². The number of anilines is 1. The minimum atomic E-state index is -3.80. The van der Waals surface area contributed by atoms with E-state index in [1.54, 1.807) is 6.07 Å². The molecule has 8 nitrogen and oxygen atoms in total. The summed E-state index contributed by atoms with van der Waals surface area (Å²) in [5.41, 5.74) is 0.171. The topological polar surface area (TPSA) is 102 Å². The first-order valence-corrected chi connectivity index (χ1v) is 10.8. The van der Waals surface area contributed by atoms with Gasteiger partial charge in [-0.2, -0.15) is 0 Å². The molecule has 2 aromatic rings. The minimum Gasteiger partial charge on any atom is -0.480 e. The number of nitrogens with zero attached hydrogens (tertiary/aromatic N) is 1. The van der Waals surface area contributed by atoms with Gasteiger partial charge in [-0.15, -0.1) is 0 Å². The zero-order valence-corrected chi connectivity index (χ0v) is 18.9. The average Bonchev–Trinajstić information content (AvgIpc) is 2.67. The van der Waals surface area contributed by atoms with E-state index in [1.165, 1.54) is 44.4 Å². The lowest BCUT2D eigenvalue weighted by Crippen LogP contribution is -2.24. The van der Waals surface area contributed by atoms with Crippen LogP contribution >= 0.6 is 34.8 Å². The Balaban J connectivity index is 1.91. The van der Waals surface area contributed by atoms with Crippen LogP contribution in [0, 0.1) is 0 Å². The van der Waals surface area contributed by atoms with E-state index in [-0.39, 0.29) is 26.4 Å². The third-order valence-electron chi connectivity index (χ3n) is 3.58. The highest BCUT2D eigenvalue weighted by Crippen LogP contribution is 2.28. The van der Waals surface area contributed by atoms with Crippen molar-refractivity contribution in [3.8, 4) is 5.75 Å². The zero-order chi connectivity index (χ0) is 22.5. The molecule has 0 fully saturated rings. The number of hydrogen-bond acceptors (Lipinski definition) is 6. The van der Waals surface area contributed by atoms with E-state index < -0.39 is 35.1 Å². The van der Waals surface area contributed by atoms with Crippen molar-refractivity contribution in [2.45, 2.75) is 4.90 Å². The van der Waals surface area contributed by atoms with Crippen LogP contribution in [0.4, 0.5) is 5.69 Å². The first-order valence-electron chi connectivity index (χ1n) is 8.26. The van der Waals surface area contributed by atoms with Crippen molar-refractivity contribution in [1.29, 1.82) is 0 Å². The number of sulfonamides is 1. The molecule has 0 spiro atoms. The van der Waals surface area contributed by atoms with Gasteiger partial charge in [-0.25, -0.2) is 17.5 Å². The molecule has 0 saturated carbocycles. The molecule has 0 aliphatic heterocycles. The number of ether oxygens (including phenoxy) is 2. The van der Waals surface area contributed by atoms with Crippen molar-refractivity contribution < 1.29 is 27.5 Å². The van der Waals surface area contributed by atoms with E-state index in [0.717, 1.165) is 4.31 Å². The Bertz CT molecular complexity index is 1060. The van der Waals surface area contributed by atoms with Gasteiger partial charge in [-0.1, -0.05) is 34.8 Å². The third kappa shape index (κ3) is 6.48. The van der Waals surface area contributed by atoms with E-state index in [1.807, 2.05) is 0 Å². The maximum Gasteiger partial charge on any atom is 0.344 e. The summed E-state index contributed by atoms with van der Waals surface area (Å²) in [5, 5.41) is 3.07. The molecular formula is C18H17Cl3N2O6S. The number of benzene rings is 2. The first kappa shape index (κ1) is 24.2. The van der Waals surface area contributed by atoms with Crippen LogP contribution < -0.4 is 10.1 Å². The monoisotopic (exact) mass is 494 g/mol. The summed E-state index contributed by atoms with van der Waals surface area (Å²) in [6.07, 6.45) is 0. The van der Waals surface area contributed by atoms with Crippen molar-refractivity contribution >= 4 is 62.4 Å². The van der Waals surface area contributed by atoms with Crippen LogP contribution in [-0.4, -0.2) is 51.9 Å². The number of carbonyl (C=O) groups excluding carboxylic acids is 2. The molecule has 1 amide bonds. The molecule has 0 atom stereocenters. The van der Waals surface area contributed by atoms with E-state index in [2.05, 4.69) is 5.32 Å².